The maximum absolute atomic E-state index is 13.5. The molecule has 3 fully saturated rings. The topological polar surface area (TPSA) is 64.7 Å². The van der Waals surface area contributed by atoms with Crippen LogP contribution in [0.5, 0.6) is 0 Å². The van der Waals surface area contributed by atoms with Crippen molar-refractivity contribution in [3.63, 3.8) is 0 Å². The lowest BCUT2D eigenvalue weighted by molar-refractivity contribution is -0.138. The quantitative estimate of drug-likeness (QED) is 0.784. The molecule has 2 N–H and O–H groups in total. The van der Waals surface area contributed by atoms with Crippen molar-refractivity contribution in [2.24, 2.45) is 11.8 Å². The standard InChI is InChI=1S/C25H30N4O2/c30-24(19-9-10-19)27-21-7-4-8-22(15-21)28-13-11-20(17-28)25(31)29-14-12-26-16-23(29)18-5-2-1-3-6-18/h1-8,15,19-20,23,26H,9-14,16-17H2,(H,27,30). The fraction of sp³-hybridized carbons (Fsp3) is 0.440. The lowest BCUT2D eigenvalue weighted by Crippen LogP contribution is -2.50. The number of carbonyl (C=O) groups excluding carboxylic acids is 2. The lowest BCUT2D eigenvalue weighted by atomic mass is 10.00. The second-order valence-electron chi connectivity index (χ2n) is 8.91. The molecule has 0 bridgehead atoms. The van der Waals surface area contributed by atoms with Gasteiger partial charge in [-0.25, -0.2) is 0 Å². The Morgan fingerprint density at radius 3 is 2.58 bits per heavy atom. The molecule has 6 heteroatoms. The number of amides is 2. The number of rotatable bonds is 5. The van der Waals surface area contributed by atoms with E-state index in [0.717, 1.165) is 63.4 Å². The molecule has 6 nitrogen and oxygen atoms in total. The Bertz CT molecular complexity index is 944. The van der Waals surface area contributed by atoms with Gasteiger partial charge < -0.3 is 20.4 Å². The van der Waals surface area contributed by atoms with E-state index in [2.05, 4.69) is 38.6 Å². The molecule has 2 atom stereocenters. The van der Waals surface area contributed by atoms with Gasteiger partial charge in [-0.05, 0) is 43.0 Å². The minimum absolute atomic E-state index is 0.00836. The van der Waals surface area contributed by atoms with Gasteiger partial charge in [0.2, 0.25) is 11.8 Å². The molecular formula is C25H30N4O2. The third-order valence-electron chi connectivity index (χ3n) is 6.68. The zero-order valence-corrected chi connectivity index (χ0v) is 17.8. The smallest absolute Gasteiger partial charge is 0.228 e. The van der Waals surface area contributed by atoms with E-state index in [-0.39, 0.29) is 29.7 Å². The van der Waals surface area contributed by atoms with Crippen LogP contribution in [-0.2, 0) is 9.59 Å². The average Bonchev–Trinajstić information content (AvgIpc) is 3.56. The van der Waals surface area contributed by atoms with Gasteiger partial charge in [0.1, 0.15) is 0 Å². The van der Waals surface area contributed by atoms with Gasteiger partial charge >= 0.3 is 0 Å². The second kappa shape index (κ2) is 8.71. The Morgan fingerprint density at radius 1 is 0.935 bits per heavy atom. The van der Waals surface area contributed by atoms with Crippen molar-refractivity contribution in [3.05, 3.63) is 60.2 Å². The zero-order valence-electron chi connectivity index (χ0n) is 17.8. The Morgan fingerprint density at radius 2 is 1.77 bits per heavy atom. The first kappa shape index (κ1) is 20.1. The van der Waals surface area contributed by atoms with Crippen LogP contribution in [0.15, 0.2) is 54.6 Å². The van der Waals surface area contributed by atoms with Gasteiger partial charge in [-0.1, -0.05) is 36.4 Å². The summed E-state index contributed by atoms with van der Waals surface area (Å²) in [4.78, 5) is 29.9. The third-order valence-corrected chi connectivity index (χ3v) is 6.68. The van der Waals surface area contributed by atoms with Crippen LogP contribution >= 0.6 is 0 Å². The molecule has 3 aliphatic rings. The van der Waals surface area contributed by atoms with Gasteiger partial charge in [-0.15, -0.1) is 0 Å². The summed E-state index contributed by atoms with van der Waals surface area (Å²) in [6.45, 7) is 3.98. The number of hydrogen-bond acceptors (Lipinski definition) is 4. The number of nitrogens with one attached hydrogen (secondary N) is 2. The number of carbonyl (C=O) groups is 2. The highest BCUT2D eigenvalue weighted by atomic mass is 16.2. The minimum Gasteiger partial charge on any atom is -0.371 e. The van der Waals surface area contributed by atoms with Crippen LogP contribution in [0.4, 0.5) is 11.4 Å². The molecule has 2 unspecified atom stereocenters. The first-order valence-electron chi connectivity index (χ1n) is 11.4. The molecule has 2 heterocycles. The summed E-state index contributed by atoms with van der Waals surface area (Å²) in [7, 11) is 0. The van der Waals surface area contributed by atoms with Gasteiger partial charge in [0.05, 0.1) is 12.0 Å². The molecule has 2 aromatic rings. The van der Waals surface area contributed by atoms with E-state index in [1.807, 2.05) is 36.4 Å². The van der Waals surface area contributed by atoms with E-state index in [1.165, 1.54) is 5.56 Å². The second-order valence-corrected chi connectivity index (χ2v) is 8.91. The van der Waals surface area contributed by atoms with E-state index in [1.54, 1.807) is 0 Å². The van der Waals surface area contributed by atoms with Crippen molar-refractivity contribution in [1.82, 2.24) is 10.2 Å². The number of nitrogens with zero attached hydrogens (tertiary/aromatic N) is 2. The molecule has 2 aliphatic heterocycles. The van der Waals surface area contributed by atoms with Gasteiger partial charge in [0.25, 0.3) is 0 Å². The summed E-state index contributed by atoms with van der Waals surface area (Å²) in [5.41, 5.74) is 3.11. The van der Waals surface area contributed by atoms with Gasteiger partial charge in [-0.2, -0.15) is 0 Å². The average molecular weight is 419 g/mol. The molecule has 0 aromatic heterocycles. The summed E-state index contributed by atoms with van der Waals surface area (Å²) >= 11 is 0. The first-order chi connectivity index (χ1) is 15.2. The van der Waals surface area contributed by atoms with Gasteiger partial charge in [-0.3, -0.25) is 9.59 Å². The van der Waals surface area contributed by atoms with Crippen molar-refractivity contribution in [3.8, 4) is 0 Å². The summed E-state index contributed by atoms with van der Waals surface area (Å²) in [5.74, 6) is 0.580. The molecular weight excluding hydrogens is 388 g/mol. The van der Waals surface area contributed by atoms with E-state index in [4.69, 9.17) is 0 Å². The molecule has 5 rings (SSSR count). The van der Waals surface area contributed by atoms with Crippen molar-refractivity contribution < 1.29 is 9.59 Å². The van der Waals surface area contributed by atoms with E-state index in [9.17, 15) is 9.59 Å². The predicted octanol–water partition coefficient (Wildman–Crippen LogP) is 3.03. The largest absolute Gasteiger partial charge is 0.371 e. The van der Waals surface area contributed by atoms with E-state index in [0.29, 0.717) is 0 Å². The number of benzene rings is 2. The fourth-order valence-electron chi connectivity index (χ4n) is 4.74. The number of anilines is 2. The van der Waals surface area contributed by atoms with Crippen LogP contribution in [0.3, 0.4) is 0 Å². The number of piperazine rings is 1. The minimum atomic E-state index is 0.00836. The maximum atomic E-state index is 13.5. The van der Waals surface area contributed by atoms with Crippen LogP contribution in [0.2, 0.25) is 0 Å². The Labute approximate surface area is 183 Å². The molecule has 2 amide bonds. The highest BCUT2D eigenvalue weighted by molar-refractivity contribution is 5.94. The Kier molecular flexibility index (Phi) is 5.64. The monoisotopic (exact) mass is 418 g/mol. The lowest BCUT2D eigenvalue weighted by Gasteiger charge is -2.38. The summed E-state index contributed by atoms with van der Waals surface area (Å²) < 4.78 is 0. The van der Waals surface area contributed by atoms with Crippen molar-refractivity contribution in [2.75, 3.05) is 42.9 Å². The normalized spacial score (nSPS) is 23.6. The van der Waals surface area contributed by atoms with Crippen molar-refractivity contribution >= 4 is 23.2 Å². The van der Waals surface area contributed by atoms with Crippen LogP contribution in [0, 0.1) is 11.8 Å². The Balaban J connectivity index is 1.25. The van der Waals surface area contributed by atoms with Crippen LogP contribution in [0.25, 0.3) is 0 Å². The molecule has 31 heavy (non-hydrogen) atoms. The van der Waals surface area contributed by atoms with Crippen molar-refractivity contribution in [1.29, 1.82) is 0 Å². The molecule has 2 aromatic carbocycles. The molecule has 0 spiro atoms. The van der Waals surface area contributed by atoms with Gasteiger partial charge in [0.15, 0.2) is 0 Å². The highest BCUT2D eigenvalue weighted by Crippen LogP contribution is 2.32. The Hall–Kier alpha value is -2.86. The SMILES string of the molecule is O=C(Nc1cccc(N2CCC(C(=O)N3CCNCC3c3ccccc3)C2)c1)C1CC1. The molecule has 1 aliphatic carbocycles. The predicted molar refractivity (Wildman–Crippen MR) is 122 cm³/mol. The first-order valence-corrected chi connectivity index (χ1v) is 11.4. The van der Waals surface area contributed by atoms with Gasteiger partial charge in [0, 0.05) is 50.0 Å². The highest BCUT2D eigenvalue weighted by Gasteiger charge is 2.36. The molecule has 1 saturated carbocycles. The summed E-state index contributed by atoms with van der Waals surface area (Å²) in [5, 5.41) is 6.47. The van der Waals surface area contributed by atoms with Crippen LogP contribution in [-0.4, -0.2) is 49.4 Å². The third kappa shape index (κ3) is 4.44. The van der Waals surface area contributed by atoms with Crippen LogP contribution < -0.4 is 15.5 Å². The van der Waals surface area contributed by atoms with E-state index >= 15 is 0 Å². The fourth-order valence-corrected chi connectivity index (χ4v) is 4.74. The summed E-state index contributed by atoms with van der Waals surface area (Å²) in [6, 6.07) is 18.4. The zero-order chi connectivity index (χ0) is 21.2. The van der Waals surface area contributed by atoms with E-state index < -0.39 is 0 Å². The van der Waals surface area contributed by atoms with Crippen LogP contribution in [0.1, 0.15) is 30.9 Å². The molecule has 162 valence electrons. The number of hydrogen-bond donors (Lipinski definition) is 2. The molecule has 0 radical (unpaired) electrons. The van der Waals surface area contributed by atoms with Crippen molar-refractivity contribution in [2.45, 2.75) is 25.3 Å². The maximum Gasteiger partial charge on any atom is 0.228 e. The molecule has 2 saturated heterocycles. The summed E-state index contributed by atoms with van der Waals surface area (Å²) in [6.07, 6.45) is 2.86.